The largest absolute Gasteiger partial charge is 0.496 e. The lowest BCUT2D eigenvalue weighted by atomic mass is 10.1. The standard InChI is InChI=1S/C13H14N2O3/c1-8-12(16)14-11(15-13(8)17)7-9-5-3-4-6-10(9)18-2/h3-6H,7H2,1-2H3,(H2,14,15,16,17). The van der Waals surface area contributed by atoms with E-state index in [2.05, 4.69) is 9.97 Å². The molecule has 0 saturated carbocycles. The normalized spacial score (nSPS) is 10.3. The first-order chi connectivity index (χ1) is 8.61. The number of benzene rings is 1. The molecule has 2 rings (SSSR count). The van der Waals surface area contributed by atoms with Crippen molar-refractivity contribution in [3.63, 3.8) is 0 Å². The van der Waals surface area contributed by atoms with Gasteiger partial charge < -0.3 is 14.8 Å². The molecular formula is C13H14N2O3. The smallest absolute Gasteiger partial charge is 0.257 e. The number of aromatic hydroxyl groups is 1. The van der Waals surface area contributed by atoms with Crippen LogP contribution in [-0.4, -0.2) is 22.2 Å². The lowest BCUT2D eigenvalue weighted by Gasteiger charge is -2.08. The molecule has 0 amide bonds. The third kappa shape index (κ3) is 2.34. The van der Waals surface area contributed by atoms with E-state index >= 15 is 0 Å². The quantitative estimate of drug-likeness (QED) is 0.858. The molecule has 0 aliphatic rings. The van der Waals surface area contributed by atoms with Gasteiger partial charge in [-0.1, -0.05) is 18.2 Å². The van der Waals surface area contributed by atoms with Crippen LogP contribution in [0.4, 0.5) is 0 Å². The Hall–Kier alpha value is -2.30. The molecule has 5 heteroatoms. The highest BCUT2D eigenvalue weighted by Crippen LogP contribution is 2.20. The Bertz CT molecular complexity index is 620. The Morgan fingerprint density at radius 3 is 2.78 bits per heavy atom. The van der Waals surface area contributed by atoms with E-state index in [0.29, 0.717) is 12.2 Å². The zero-order chi connectivity index (χ0) is 13.1. The molecule has 18 heavy (non-hydrogen) atoms. The van der Waals surface area contributed by atoms with E-state index in [1.165, 1.54) is 6.92 Å². The predicted octanol–water partition coefficient (Wildman–Crippen LogP) is 1.38. The molecule has 94 valence electrons. The van der Waals surface area contributed by atoms with Crippen molar-refractivity contribution in [2.45, 2.75) is 13.3 Å². The van der Waals surface area contributed by atoms with Crippen LogP contribution in [-0.2, 0) is 6.42 Å². The number of aromatic amines is 1. The molecule has 0 aliphatic heterocycles. The minimum absolute atomic E-state index is 0.221. The van der Waals surface area contributed by atoms with Crippen LogP contribution >= 0.6 is 0 Å². The van der Waals surface area contributed by atoms with Gasteiger partial charge in [-0.15, -0.1) is 0 Å². The fraction of sp³-hybridized carbons (Fsp3) is 0.231. The molecule has 5 nitrogen and oxygen atoms in total. The van der Waals surface area contributed by atoms with Gasteiger partial charge in [-0.2, -0.15) is 4.98 Å². The van der Waals surface area contributed by atoms with Gasteiger partial charge in [0.15, 0.2) is 0 Å². The van der Waals surface area contributed by atoms with E-state index in [1.807, 2.05) is 24.3 Å². The molecule has 2 N–H and O–H groups in total. The van der Waals surface area contributed by atoms with Gasteiger partial charge in [0.25, 0.3) is 5.56 Å². The zero-order valence-electron chi connectivity index (χ0n) is 10.2. The summed E-state index contributed by atoms with van der Waals surface area (Å²) in [6.45, 7) is 1.52. The molecule has 0 saturated heterocycles. The van der Waals surface area contributed by atoms with Gasteiger partial charge >= 0.3 is 0 Å². The number of rotatable bonds is 3. The maximum Gasteiger partial charge on any atom is 0.257 e. The summed E-state index contributed by atoms with van der Waals surface area (Å²) in [5.41, 5.74) is 0.789. The third-order valence-corrected chi connectivity index (χ3v) is 2.73. The van der Waals surface area contributed by atoms with Crippen molar-refractivity contribution < 1.29 is 9.84 Å². The maximum atomic E-state index is 11.5. The van der Waals surface area contributed by atoms with E-state index in [-0.39, 0.29) is 17.0 Å². The Balaban J connectivity index is 2.37. The second kappa shape index (κ2) is 4.91. The van der Waals surface area contributed by atoms with Crippen molar-refractivity contribution in [1.82, 2.24) is 9.97 Å². The molecule has 2 aromatic rings. The van der Waals surface area contributed by atoms with Crippen LogP contribution in [0.1, 0.15) is 17.0 Å². The highest BCUT2D eigenvalue weighted by Gasteiger charge is 2.09. The van der Waals surface area contributed by atoms with Gasteiger partial charge in [-0.05, 0) is 13.0 Å². The third-order valence-electron chi connectivity index (χ3n) is 2.73. The number of ether oxygens (including phenoxy) is 1. The number of para-hydroxylation sites is 1. The van der Waals surface area contributed by atoms with Crippen LogP contribution in [0.2, 0.25) is 0 Å². The summed E-state index contributed by atoms with van der Waals surface area (Å²) >= 11 is 0. The average molecular weight is 246 g/mol. The van der Waals surface area contributed by atoms with Gasteiger partial charge in [0.05, 0.1) is 12.7 Å². The van der Waals surface area contributed by atoms with Crippen LogP contribution in [0.15, 0.2) is 29.1 Å². The molecule has 0 spiro atoms. The summed E-state index contributed by atoms with van der Waals surface area (Å²) in [7, 11) is 1.58. The number of hydrogen-bond donors (Lipinski definition) is 2. The SMILES string of the molecule is COc1ccccc1Cc1nc(O)c(C)c(=O)[nH]1. The minimum atomic E-state index is -0.326. The molecule has 0 atom stereocenters. The lowest BCUT2D eigenvalue weighted by molar-refractivity contribution is 0.409. The van der Waals surface area contributed by atoms with Gasteiger partial charge in [0.2, 0.25) is 5.88 Å². The number of aromatic nitrogens is 2. The molecule has 0 radical (unpaired) electrons. The van der Waals surface area contributed by atoms with Crippen molar-refractivity contribution >= 4 is 0 Å². The van der Waals surface area contributed by atoms with Crippen molar-refractivity contribution in [3.8, 4) is 11.6 Å². The molecular weight excluding hydrogens is 232 g/mol. The Morgan fingerprint density at radius 2 is 2.11 bits per heavy atom. The van der Waals surface area contributed by atoms with E-state index in [4.69, 9.17) is 4.74 Å². The summed E-state index contributed by atoms with van der Waals surface area (Å²) in [6.07, 6.45) is 0.396. The fourth-order valence-electron chi connectivity index (χ4n) is 1.68. The molecule has 0 fully saturated rings. The molecule has 1 aromatic heterocycles. The summed E-state index contributed by atoms with van der Waals surface area (Å²) in [4.78, 5) is 18.1. The van der Waals surface area contributed by atoms with Gasteiger partial charge in [-0.25, -0.2) is 0 Å². The molecule has 0 bridgehead atoms. The van der Waals surface area contributed by atoms with Crippen LogP contribution in [0, 0.1) is 6.92 Å². The summed E-state index contributed by atoms with van der Waals surface area (Å²) in [5.74, 6) is 0.900. The Kier molecular flexibility index (Phi) is 3.32. The van der Waals surface area contributed by atoms with Gasteiger partial charge in [0, 0.05) is 12.0 Å². The second-order valence-corrected chi connectivity index (χ2v) is 3.95. The molecule has 1 aromatic carbocycles. The summed E-state index contributed by atoms with van der Waals surface area (Å²) < 4.78 is 5.22. The number of hydrogen-bond acceptors (Lipinski definition) is 4. The molecule has 0 aliphatic carbocycles. The fourth-order valence-corrected chi connectivity index (χ4v) is 1.68. The Labute approximate surface area is 104 Å². The van der Waals surface area contributed by atoms with Crippen LogP contribution in [0.25, 0.3) is 0 Å². The lowest BCUT2D eigenvalue weighted by Crippen LogP contribution is -2.14. The van der Waals surface area contributed by atoms with E-state index in [1.54, 1.807) is 7.11 Å². The van der Waals surface area contributed by atoms with Crippen molar-refractivity contribution in [2.75, 3.05) is 7.11 Å². The summed E-state index contributed by atoms with van der Waals surface area (Å²) in [5, 5.41) is 9.52. The summed E-state index contributed by atoms with van der Waals surface area (Å²) in [6, 6.07) is 7.46. The number of nitrogens with zero attached hydrogens (tertiary/aromatic N) is 1. The van der Waals surface area contributed by atoms with Gasteiger partial charge in [0.1, 0.15) is 11.6 Å². The van der Waals surface area contributed by atoms with Crippen LogP contribution < -0.4 is 10.3 Å². The number of H-pyrrole nitrogens is 1. The molecule has 1 heterocycles. The topological polar surface area (TPSA) is 75.2 Å². The monoisotopic (exact) mass is 246 g/mol. The first-order valence-corrected chi connectivity index (χ1v) is 5.52. The number of methoxy groups -OCH3 is 1. The van der Waals surface area contributed by atoms with Crippen molar-refractivity contribution in [3.05, 3.63) is 51.6 Å². The van der Waals surface area contributed by atoms with E-state index in [0.717, 1.165) is 11.3 Å². The predicted molar refractivity (Wildman–Crippen MR) is 67.1 cm³/mol. The van der Waals surface area contributed by atoms with Crippen molar-refractivity contribution in [2.24, 2.45) is 0 Å². The second-order valence-electron chi connectivity index (χ2n) is 3.95. The maximum absolute atomic E-state index is 11.5. The van der Waals surface area contributed by atoms with E-state index in [9.17, 15) is 9.90 Å². The first kappa shape index (κ1) is 12.2. The van der Waals surface area contributed by atoms with E-state index < -0.39 is 0 Å². The first-order valence-electron chi connectivity index (χ1n) is 5.52. The minimum Gasteiger partial charge on any atom is -0.496 e. The van der Waals surface area contributed by atoms with Crippen LogP contribution in [0.5, 0.6) is 11.6 Å². The highest BCUT2D eigenvalue weighted by molar-refractivity contribution is 5.35. The zero-order valence-corrected chi connectivity index (χ0v) is 10.2. The highest BCUT2D eigenvalue weighted by atomic mass is 16.5. The molecule has 0 unspecified atom stereocenters. The van der Waals surface area contributed by atoms with Gasteiger partial charge in [-0.3, -0.25) is 4.79 Å². The number of nitrogens with one attached hydrogen (secondary N) is 1. The van der Waals surface area contributed by atoms with Crippen molar-refractivity contribution in [1.29, 1.82) is 0 Å². The van der Waals surface area contributed by atoms with Crippen LogP contribution in [0.3, 0.4) is 0 Å². The average Bonchev–Trinajstić information content (AvgIpc) is 2.36. The Morgan fingerprint density at radius 1 is 1.39 bits per heavy atom.